The first-order valence-electron chi connectivity index (χ1n) is 11.9. The summed E-state index contributed by atoms with van der Waals surface area (Å²) in [4.78, 5) is 13.4. The van der Waals surface area contributed by atoms with E-state index in [0.29, 0.717) is 37.6 Å². The molecule has 34 heavy (non-hydrogen) atoms. The van der Waals surface area contributed by atoms with Gasteiger partial charge >= 0.3 is 0 Å². The van der Waals surface area contributed by atoms with Crippen LogP contribution in [0.4, 0.5) is 10.1 Å². The van der Waals surface area contributed by atoms with Crippen molar-refractivity contribution in [1.29, 1.82) is 0 Å². The molecule has 2 fully saturated rings. The van der Waals surface area contributed by atoms with Crippen LogP contribution in [0.1, 0.15) is 58.8 Å². The van der Waals surface area contributed by atoms with Gasteiger partial charge < -0.3 is 24.1 Å². The van der Waals surface area contributed by atoms with Crippen molar-refractivity contribution in [2.45, 2.75) is 56.9 Å². The van der Waals surface area contributed by atoms with Crippen LogP contribution in [0.15, 0.2) is 36.4 Å². The van der Waals surface area contributed by atoms with Crippen LogP contribution in [0.2, 0.25) is 0 Å². The monoisotopic (exact) mass is 466 g/mol. The van der Waals surface area contributed by atoms with Crippen LogP contribution in [-0.2, 0) is 20.4 Å². The molecule has 6 rings (SSSR count). The number of rotatable bonds is 4. The zero-order valence-corrected chi connectivity index (χ0v) is 19.7. The predicted molar refractivity (Wildman–Crippen MR) is 129 cm³/mol. The zero-order chi connectivity index (χ0) is 23.7. The molecular formula is C27H31FN2O4. The van der Waals surface area contributed by atoms with Gasteiger partial charge in [-0.3, -0.25) is 4.79 Å². The average molecular weight is 467 g/mol. The Kier molecular flexibility index (Phi) is 4.72. The van der Waals surface area contributed by atoms with Gasteiger partial charge in [-0.1, -0.05) is 26.8 Å². The summed E-state index contributed by atoms with van der Waals surface area (Å²) in [5.41, 5.74) is 2.29. The Morgan fingerprint density at radius 2 is 1.94 bits per heavy atom. The molecule has 2 aliphatic heterocycles. The van der Waals surface area contributed by atoms with E-state index in [1.54, 1.807) is 12.1 Å². The van der Waals surface area contributed by atoms with E-state index in [1.807, 2.05) is 18.2 Å². The number of hydrogen-bond acceptors (Lipinski definition) is 4. The third-order valence-corrected chi connectivity index (χ3v) is 7.32. The van der Waals surface area contributed by atoms with E-state index in [0.717, 1.165) is 28.6 Å². The van der Waals surface area contributed by atoms with Gasteiger partial charge in [0.2, 0.25) is 12.7 Å². The van der Waals surface area contributed by atoms with Gasteiger partial charge in [0.1, 0.15) is 5.82 Å². The van der Waals surface area contributed by atoms with E-state index in [1.165, 1.54) is 0 Å². The molecule has 3 heterocycles. The Morgan fingerprint density at radius 1 is 1.15 bits per heavy atom. The minimum absolute atomic E-state index is 0. The lowest BCUT2D eigenvalue weighted by atomic mass is 9.91. The van der Waals surface area contributed by atoms with E-state index in [9.17, 15) is 4.79 Å². The number of carbonyl (C=O) groups is 1. The second-order valence-corrected chi connectivity index (χ2v) is 10.7. The van der Waals surface area contributed by atoms with Gasteiger partial charge in [-0.25, -0.2) is 4.39 Å². The first-order valence-corrected chi connectivity index (χ1v) is 11.9. The molecule has 1 aromatic heterocycles. The second-order valence-electron chi connectivity index (χ2n) is 10.7. The minimum Gasteiger partial charge on any atom is -0.454 e. The van der Waals surface area contributed by atoms with Crippen molar-refractivity contribution in [3.05, 3.63) is 53.5 Å². The standard InChI is InChI=1S/C27H29FN2O4.H2/c1-26(2,3)24-11-16-10-20(19(28)13-21(16)30(24)18-6-9-32-14-18)29-25(31)27(7-8-27)17-4-5-22-23(12-17)34-15-33-22;/h4-5,10-13,18H,6-9,14-15H2,1-3H3,(H,29,31);1H. The number of hydrogen-bond donors (Lipinski definition) is 1. The highest BCUT2D eigenvalue weighted by Gasteiger charge is 2.52. The molecule has 3 aliphatic rings. The highest BCUT2D eigenvalue weighted by Crippen LogP contribution is 2.51. The normalized spacial score (nSPS) is 20.6. The Hall–Kier alpha value is -3.06. The molecule has 1 aliphatic carbocycles. The summed E-state index contributed by atoms with van der Waals surface area (Å²) < 4.78 is 34.1. The van der Waals surface area contributed by atoms with Crippen molar-refractivity contribution in [2.75, 3.05) is 25.3 Å². The number of carbonyl (C=O) groups excluding carboxylic acids is 1. The van der Waals surface area contributed by atoms with Crippen LogP contribution < -0.4 is 14.8 Å². The maximum atomic E-state index is 15.3. The molecular weight excluding hydrogens is 435 g/mol. The number of aromatic nitrogens is 1. The van der Waals surface area contributed by atoms with Gasteiger partial charge in [-0.2, -0.15) is 0 Å². The van der Waals surface area contributed by atoms with Gasteiger partial charge in [-0.05, 0) is 49.1 Å². The molecule has 0 radical (unpaired) electrons. The van der Waals surface area contributed by atoms with Crippen molar-refractivity contribution in [3.8, 4) is 11.5 Å². The molecule has 6 nitrogen and oxygen atoms in total. The summed E-state index contributed by atoms with van der Waals surface area (Å²) in [6, 6.07) is 11.2. The molecule has 3 aromatic rings. The fourth-order valence-electron chi connectivity index (χ4n) is 5.25. The lowest BCUT2D eigenvalue weighted by Gasteiger charge is -2.25. The summed E-state index contributed by atoms with van der Waals surface area (Å²) in [7, 11) is 0. The van der Waals surface area contributed by atoms with Crippen LogP contribution in [0, 0.1) is 5.82 Å². The molecule has 0 spiro atoms. The molecule has 1 saturated heterocycles. The Morgan fingerprint density at radius 3 is 2.65 bits per heavy atom. The largest absolute Gasteiger partial charge is 0.454 e. The van der Waals surface area contributed by atoms with Gasteiger partial charge in [0.25, 0.3) is 0 Å². The molecule has 2 aromatic carbocycles. The number of ether oxygens (including phenoxy) is 3. The summed E-state index contributed by atoms with van der Waals surface area (Å²) in [5, 5.41) is 3.81. The topological polar surface area (TPSA) is 61.7 Å². The summed E-state index contributed by atoms with van der Waals surface area (Å²) in [6.45, 7) is 8.02. The quantitative estimate of drug-likeness (QED) is 0.537. The molecule has 1 N–H and O–H groups in total. The molecule has 1 saturated carbocycles. The molecule has 7 heteroatoms. The maximum absolute atomic E-state index is 15.3. The first kappa shape index (κ1) is 21.5. The van der Waals surface area contributed by atoms with E-state index in [2.05, 4.69) is 36.7 Å². The molecule has 1 atom stereocenters. The van der Waals surface area contributed by atoms with E-state index < -0.39 is 11.2 Å². The fraction of sp³-hybridized carbons (Fsp3) is 0.444. The van der Waals surface area contributed by atoms with E-state index in [-0.39, 0.29) is 31.3 Å². The third-order valence-electron chi connectivity index (χ3n) is 7.32. The first-order chi connectivity index (χ1) is 16.3. The molecule has 1 amide bonds. The number of fused-ring (bicyclic) bond motifs is 2. The maximum Gasteiger partial charge on any atom is 0.235 e. The smallest absolute Gasteiger partial charge is 0.235 e. The summed E-state index contributed by atoms with van der Waals surface area (Å²) in [6.07, 6.45) is 2.34. The number of benzene rings is 2. The molecule has 0 bridgehead atoms. The lowest BCUT2D eigenvalue weighted by molar-refractivity contribution is -0.118. The van der Waals surface area contributed by atoms with Crippen molar-refractivity contribution < 1.29 is 24.8 Å². The van der Waals surface area contributed by atoms with Gasteiger partial charge in [0.15, 0.2) is 11.5 Å². The Bertz CT molecular complexity index is 1300. The van der Waals surface area contributed by atoms with Gasteiger partial charge in [0, 0.05) is 30.6 Å². The highest BCUT2D eigenvalue weighted by atomic mass is 19.1. The van der Waals surface area contributed by atoms with Crippen LogP contribution >= 0.6 is 0 Å². The number of nitrogens with one attached hydrogen (secondary N) is 1. The molecule has 1 unspecified atom stereocenters. The van der Waals surface area contributed by atoms with Crippen molar-refractivity contribution in [3.63, 3.8) is 0 Å². The van der Waals surface area contributed by atoms with E-state index in [4.69, 9.17) is 14.2 Å². The lowest BCUT2D eigenvalue weighted by Crippen LogP contribution is -2.28. The summed E-state index contributed by atoms with van der Waals surface area (Å²) in [5.74, 6) is 0.713. The number of amides is 1. The Balaban J connectivity index is 0.00000253. The fourth-order valence-corrected chi connectivity index (χ4v) is 5.25. The predicted octanol–water partition coefficient (Wildman–Crippen LogP) is 5.68. The van der Waals surface area contributed by atoms with Gasteiger partial charge in [-0.15, -0.1) is 0 Å². The van der Waals surface area contributed by atoms with Crippen LogP contribution in [0.5, 0.6) is 11.5 Å². The SMILES string of the molecule is CC(C)(C)c1cc2cc(NC(=O)C3(c4ccc5c(c4)OCO5)CC3)c(F)cc2n1C1CCOC1.[HH]. The van der Waals surface area contributed by atoms with Crippen molar-refractivity contribution in [2.24, 2.45) is 0 Å². The van der Waals surface area contributed by atoms with Gasteiger partial charge in [0.05, 0.1) is 29.3 Å². The number of nitrogens with zero attached hydrogens (tertiary/aromatic N) is 1. The minimum atomic E-state index is -0.661. The van der Waals surface area contributed by atoms with E-state index >= 15 is 4.39 Å². The third kappa shape index (κ3) is 3.36. The van der Waals surface area contributed by atoms with Crippen LogP contribution in [0.3, 0.4) is 0 Å². The number of halogens is 1. The van der Waals surface area contributed by atoms with Crippen LogP contribution in [-0.4, -0.2) is 30.5 Å². The highest BCUT2D eigenvalue weighted by molar-refractivity contribution is 6.03. The second kappa shape index (κ2) is 7.47. The van der Waals surface area contributed by atoms with Crippen molar-refractivity contribution >= 4 is 22.5 Å². The van der Waals surface area contributed by atoms with Crippen molar-refractivity contribution in [1.82, 2.24) is 4.57 Å². The zero-order valence-electron chi connectivity index (χ0n) is 19.7. The Labute approximate surface area is 199 Å². The molecule has 180 valence electrons. The number of anilines is 1. The summed E-state index contributed by atoms with van der Waals surface area (Å²) >= 11 is 0. The van der Waals surface area contributed by atoms with Crippen LogP contribution in [0.25, 0.3) is 10.9 Å². The average Bonchev–Trinajstić information content (AvgIpc) is 3.14.